The van der Waals surface area contributed by atoms with E-state index in [2.05, 4.69) is 20.6 Å². The summed E-state index contributed by atoms with van der Waals surface area (Å²) >= 11 is 1.36. The summed E-state index contributed by atoms with van der Waals surface area (Å²) in [6.07, 6.45) is 3.18. The molecule has 8 heteroatoms. The summed E-state index contributed by atoms with van der Waals surface area (Å²) in [7, 11) is 1.61. The molecule has 2 aromatic heterocycles. The highest BCUT2D eigenvalue weighted by atomic mass is 32.1. The Kier molecular flexibility index (Phi) is 6.75. The van der Waals surface area contributed by atoms with Gasteiger partial charge in [0.25, 0.3) is 11.8 Å². The molecule has 0 unspecified atom stereocenters. The van der Waals surface area contributed by atoms with Gasteiger partial charge in [0, 0.05) is 35.4 Å². The zero-order valence-corrected chi connectivity index (χ0v) is 19.0. The Labute approximate surface area is 195 Å². The van der Waals surface area contributed by atoms with Crippen LogP contribution in [0.1, 0.15) is 31.8 Å². The lowest BCUT2D eigenvalue weighted by Gasteiger charge is -2.10. The molecule has 4 aromatic rings. The Bertz CT molecular complexity index is 1270. The monoisotopic (exact) mass is 458 g/mol. The van der Waals surface area contributed by atoms with Gasteiger partial charge in [0.15, 0.2) is 5.13 Å². The van der Waals surface area contributed by atoms with E-state index in [0.29, 0.717) is 28.5 Å². The van der Waals surface area contributed by atoms with Crippen molar-refractivity contribution in [1.29, 1.82) is 0 Å². The second kappa shape index (κ2) is 10.1. The predicted molar refractivity (Wildman–Crippen MR) is 129 cm³/mol. The second-order valence-corrected chi connectivity index (χ2v) is 8.18. The first kappa shape index (κ1) is 22.2. The van der Waals surface area contributed by atoms with Gasteiger partial charge in [-0.2, -0.15) is 0 Å². The number of methoxy groups -OCH3 is 1. The van der Waals surface area contributed by atoms with Crippen molar-refractivity contribution in [3.8, 4) is 17.0 Å². The molecule has 166 valence electrons. The van der Waals surface area contributed by atoms with E-state index < -0.39 is 0 Å². The van der Waals surface area contributed by atoms with Crippen molar-refractivity contribution in [2.45, 2.75) is 13.5 Å². The Morgan fingerprint density at radius 2 is 1.85 bits per heavy atom. The van der Waals surface area contributed by atoms with Crippen molar-refractivity contribution in [3.05, 3.63) is 94.6 Å². The summed E-state index contributed by atoms with van der Waals surface area (Å²) in [6.45, 7) is 2.33. The van der Waals surface area contributed by atoms with E-state index in [1.165, 1.54) is 17.5 Å². The lowest BCUT2D eigenvalue weighted by Crippen LogP contribution is -2.22. The number of anilines is 1. The van der Waals surface area contributed by atoms with Crippen LogP contribution in [0, 0.1) is 6.92 Å². The molecule has 0 bridgehead atoms. The third-order valence-corrected chi connectivity index (χ3v) is 5.73. The van der Waals surface area contributed by atoms with E-state index in [-0.39, 0.29) is 11.8 Å². The first-order valence-corrected chi connectivity index (χ1v) is 11.1. The van der Waals surface area contributed by atoms with Crippen LogP contribution in [0.25, 0.3) is 11.3 Å². The molecule has 2 amide bonds. The minimum atomic E-state index is -0.236. The summed E-state index contributed by atoms with van der Waals surface area (Å²) in [6, 6.07) is 16.5. The highest BCUT2D eigenvalue weighted by Crippen LogP contribution is 2.24. The van der Waals surface area contributed by atoms with Crippen LogP contribution in [-0.4, -0.2) is 28.9 Å². The van der Waals surface area contributed by atoms with Crippen molar-refractivity contribution >= 4 is 28.3 Å². The number of hydrogen-bond donors (Lipinski definition) is 2. The lowest BCUT2D eigenvalue weighted by molar-refractivity contribution is 0.0949. The van der Waals surface area contributed by atoms with E-state index in [1.807, 2.05) is 37.3 Å². The zero-order chi connectivity index (χ0) is 23.2. The molecule has 0 saturated carbocycles. The van der Waals surface area contributed by atoms with Crippen molar-refractivity contribution in [2.75, 3.05) is 12.4 Å². The van der Waals surface area contributed by atoms with E-state index in [1.54, 1.807) is 43.0 Å². The topological polar surface area (TPSA) is 93.2 Å². The highest BCUT2D eigenvalue weighted by Gasteiger charge is 2.13. The number of carbonyl (C=O) groups excluding carboxylic acids is 2. The molecule has 0 aliphatic rings. The third-order valence-electron chi connectivity index (χ3n) is 5.04. The molecule has 0 spiro atoms. The van der Waals surface area contributed by atoms with Crippen molar-refractivity contribution in [2.24, 2.45) is 0 Å². The summed E-state index contributed by atoms with van der Waals surface area (Å²) in [4.78, 5) is 33.6. The van der Waals surface area contributed by atoms with E-state index >= 15 is 0 Å². The fourth-order valence-electron chi connectivity index (χ4n) is 3.25. The largest absolute Gasteiger partial charge is 0.497 e. The summed E-state index contributed by atoms with van der Waals surface area (Å²) in [5.41, 5.74) is 4.38. The van der Waals surface area contributed by atoms with Gasteiger partial charge in [0.1, 0.15) is 5.75 Å². The number of pyridine rings is 1. The Morgan fingerprint density at radius 1 is 1.00 bits per heavy atom. The van der Waals surface area contributed by atoms with Crippen LogP contribution in [0.2, 0.25) is 0 Å². The van der Waals surface area contributed by atoms with Crippen molar-refractivity contribution in [3.63, 3.8) is 0 Å². The minimum absolute atomic E-state index is 0.217. The molecular weight excluding hydrogens is 436 g/mol. The number of nitrogens with zero attached hydrogens (tertiary/aromatic N) is 2. The molecule has 2 heterocycles. The molecular formula is C25H22N4O3S. The van der Waals surface area contributed by atoms with Crippen LogP contribution in [-0.2, 0) is 6.54 Å². The number of aromatic nitrogens is 2. The van der Waals surface area contributed by atoms with Gasteiger partial charge in [-0.3, -0.25) is 19.9 Å². The number of hydrogen-bond acceptors (Lipinski definition) is 6. The maximum atomic E-state index is 12.6. The minimum Gasteiger partial charge on any atom is -0.497 e. The summed E-state index contributed by atoms with van der Waals surface area (Å²) in [5.74, 6) is 0.288. The van der Waals surface area contributed by atoms with Crippen LogP contribution in [0.4, 0.5) is 5.13 Å². The lowest BCUT2D eigenvalue weighted by atomic mass is 10.0. The predicted octanol–water partition coefficient (Wildman–Crippen LogP) is 4.70. The maximum absolute atomic E-state index is 12.6. The molecule has 0 aliphatic heterocycles. The first-order chi connectivity index (χ1) is 16.0. The molecule has 2 N–H and O–H groups in total. The third kappa shape index (κ3) is 5.42. The van der Waals surface area contributed by atoms with Crippen LogP contribution >= 0.6 is 11.3 Å². The van der Waals surface area contributed by atoms with Gasteiger partial charge < -0.3 is 10.1 Å². The average Bonchev–Trinajstić information content (AvgIpc) is 3.36. The Hall–Kier alpha value is -4.04. The number of thiazole rings is 1. The molecule has 0 saturated heterocycles. The van der Waals surface area contributed by atoms with Crippen LogP contribution in [0.3, 0.4) is 0 Å². The number of amides is 2. The molecule has 0 atom stereocenters. The van der Waals surface area contributed by atoms with Crippen molar-refractivity contribution in [1.82, 2.24) is 15.3 Å². The number of aryl methyl sites for hydroxylation is 1. The Balaban J connectivity index is 1.46. The normalized spacial score (nSPS) is 10.5. The average molecular weight is 459 g/mol. The van der Waals surface area contributed by atoms with E-state index in [9.17, 15) is 9.59 Å². The number of ether oxygens (including phenoxy) is 1. The SMILES string of the molecule is COc1cccc(CNC(=O)c2ccc(-c3cc(C(=O)Nc4nccs4)ccc3C)nc2)c1. The molecule has 33 heavy (non-hydrogen) atoms. The number of rotatable bonds is 7. The van der Waals surface area contributed by atoms with Gasteiger partial charge in [0.05, 0.1) is 18.4 Å². The molecule has 0 aliphatic carbocycles. The zero-order valence-electron chi connectivity index (χ0n) is 18.2. The van der Waals surface area contributed by atoms with Crippen LogP contribution in [0.5, 0.6) is 5.75 Å². The van der Waals surface area contributed by atoms with Gasteiger partial charge in [-0.15, -0.1) is 11.3 Å². The fourth-order valence-corrected chi connectivity index (χ4v) is 3.77. The molecule has 0 fully saturated rings. The fraction of sp³-hybridized carbons (Fsp3) is 0.120. The van der Waals surface area contributed by atoms with Gasteiger partial charge in [0.2, 0.25) is 0 Å². The Morgan fingerprint density at radius 3 is 2.58 bits per heavy atom. The summed E-state index contributed by atoms with van der Waals surface area (Å²) < 4.78 is 5.21. The van der Waals surface area contributed by atoms with Gasteiger partial charge in [-0.1, -0.05) is 18.2 Å². The van der Waals surface area contributed by atoms with Gasteiger partial charge >= 0.3 is 0 Å². The smallest absolute Gasteiger partial charge is 0.257 e. The number of carbonyl (C=O) groups is 2. The summed E-state index contributed by atoms with van der Waals surface area (Å²) in [5, 5.41) is 8.02. The molecule has 2 aromatic carbocycles. The number of nitrogens with one attached hydrogen (secondary N) is 2. The molecule has 0 radical (unpaired) electrons. The van der Waals surface area contributed by atoms with Crippen LogP contribution in [0.15, 0.2) is 72.4 Å². The quantitative estimate of drug-likeness (QED) is 0.419. The van der Waals surface area contributed by atoms with E-state index in [4.69, 9.17) is 4.74 Å². The van der Waals surface area contributed by atoms with Gasteiger partial charge in [-0.25, -0.2) is 4.98 Å². The first-order valence-electron chi connectivity index (χ1n) is 10.2. The number of benzene rings is 2. The molecule has 4 rings (SSSR count). The standard InChI is InChI=1S/C25H22N4O3S/c1-16-6-7-18(24(31)29-25-26-10-11-33-25)13-21(16)22-9-8-19(15-27-22)23(30)28-14-17-4-3-5-20(12-17)32-2/h3-13,15H,14H2,1-2H3,(H,28,30)(H,26,29,31). The highest BCUT2D eigenvalue weighted by molar-refractivity contribution is 7.13. The second-order valence-electron chi connectivity index (χ2n) is 7.29. The maximum Gasteiger partial charge on any atom is 0.257 e. The van der Waals surface area contributed by atoms with Crippen LogP contribution < -0.4 is 15.4 Å². The molecule has 7 nitrogen and oxygen atoms in total. The van der Waals surface area contributed by atoms with Gasteiger partial charge in [-0.05, 0) is 54.4 Å². The van der Waals surface area contributed by atoms with Crippen molar-refractivity contribution < 1.29 is 14.3 Å². The van der Waals surface area contributed by atoms with E-state index in [0.717, 1.165) is 22.4 Å².